The number of primary amides is 1. The van der Waals surface area contributed by atoms with Crippen LogP contribution < -0.4 is 11.3 Å². The Labute approximate surface area is 151 Å². The van der Waals surface area contributed by atoms with E-state index in [9.17, 15) is 9.59 Å². The third kappa shape index (κ3) is 3.77. The van der Waals surface area contributed by atoms with E-state index in [1.165, 1.54) is 10.4 Å². The Morgan fingerprint density at radius 2 is 2.28 bits per heavy atom. The van der Waals surface area contributed by atoms with Crippen molar-refractivity contribution in [1.29, 1.82) is 0 Å². The summed E-state index contributed by atoms with van der Waals surface area (Å²) in [5, 5.41) is 0.784. The van der Waals surface area contributed by atoms with Gasteiger partial charge in [-0.3, -0.25) is 14.2 Å². The standard InChI is InChI=1S/C18H25N3O3S/c1-11-5-6-12-13(10-11)25-17-16(12)18(23)21(8-3-4-14(19)22)15(20-17)7-9-24-2/h11H,3-10H2,1-2H3,(H2,19,22). The highest BCUT2D eigenvalue weighted by Crippen LogP contribution is 2.35. The molecule has 0 bridgehead atoms. The smallest absolute Gasteiger partial charge is 0.262 e. The number of hydrogen-bond acceptors (Lipinski definition) is 5. The monoisotopic (exact) mass is 363 g/mol. The van der Waals surface area contributed by atoms with Gasteiger partial charge < -0.3 is 10.5 Å². The topological polar surface area (TPSA) is 87.2 Å². The molecule has 0 spiro atoms. The van der Waals surface area contributed by atoms with Crippen LogP contribution in [0.15, 0.2) is 4.79 Å². The second kappa shape index (κ2) is 7.66. The Kier molecular flexibility index (Phi) is 5.54. The number of thiophene rings is 1. The summed E-state index contributed by atoms with van der Waals surface area (Å²) >= 11 is 1.66. The van der Waals surface area contributed by atoms with Crippen LogP contribution in [-0.4, -0.2) is 29.2 Å². The van der Waals surface area contributed by atoms with Gasteiger partial charge >= 0.3 is 0 Å². The molecule has 0 fully saturated rings. The van der Waals surface area contributed by atoms with Crippen molar-refractivity contribution < 1.29 is 9.53 Å². The summed E-state index contributed by atoms with van der Waals surface area (Å²) in [6.45, 7) is 3.23. The van der Waals surface area contributed by atoms with Crippen molar-refractivity contribution in [1.82, 2.24) is 9.55 Å². The van der Waals surface area contributed by atoms with Gasteiger partial charge in [0.15, 0.2) is 0 Å². The molecule has 2 aromatic heterocycles. The molecule has 7 heteroatoms. The first-order valence-corrected chi connectivity index (χ1v) is 9.64. The van der Waals surface area contributed by atoms with Gasteiger partial charge in [0.2, 0.25) is 5.91 Å². The first-order valence-electron chi connectivity index (χ1n) is 8.82. The third-order valence-corrected chi connectivity index (χ3v) is 5.98. The summed E-state index contributed by atoms with van der Waals surface area (Å²) in [6, 6.07) is 0. The van der Waals surface area contributed by atoms with Crippen LogP contribution in [0.25, 0.3) is 10.2 Å². The predicted octanol–water partition coefficient (Wildman–Crippen LogP) is 2.04. The number of carbonyl (C=O) groups is 1. The second-order valence-corrected chi connectivity index (χ2v) is 7.91. The zero-order valence-electron chi connectivity index (χ0n) is 14.8. The number of nitrogens with zero attached hydrogens (tertiary/aromatic N) is 2. The molecular formula is C18H25N3O3S. The Bertz CT molecular complexity index is 840. The van der Waals surface area contributed by atoms with Crippen molar-refractivity contribution in [2.45, 2.75) is 52.0 Å². The maximum absolute atomic E-state index is 13.2. The van der Waals surface area contributed by atoms with Crippen LogP contribution in [0.2, 0.25) is 0 Å². The number of aromatic nitrogens is 2. The fourth-order valence-corrected chi connectivity index (χ4v) is 4.88. The molecule has 1 aliphatic carbocycles. The van der Waals surface area contributed by atoms with E-state index < -0.39 is 0 Å². The lowest BCUT2D eigenvalue weighted by atomic mass is 9.89. The van der Waals surface area contributed by atoms with Crippen LogP contribution in [0.4, 0.5) is 0 Å². The first-order chi connectivity index (χ1) is 12.0. The Morgan fingerprint density at radius 3 is 3.00 bits per heavy atom. The number of fused-ring (bicyclic) bond motifs is 3. The molecular weight excluding hydrogens is 338 g/mol. The van der Waals surface area contributed by atoms with Gasteiger partial charge in [-0.25, -0.2) is 4.98 Å². The lowest BCUT2D eigenvalue weighted by molar-refractivity contribution is -0.118. The number of hydrogen-bond donors (Lipinski definition) is 1. The highest BCUT2D eigenvalue weighted by atomic mass is 32.1. The number of carbonyl (C=O) groups excluding carboxylic acids is 1. The average molecular weight is 363 g/mol. The van der Waals surface area contributed by atoms with Gasteiger partial charge in [-0.1, -0.05) is 6.92 Å². The molecule has 0 saturated heterocycles. The fourth-order valence-electron chi connectivity index (χ4n) is 3.49. The summed E-state index contributed by atoms with van der Waals surface area (Å²) in [5.41, 5.74) is 6.44. The summed E-state index contributed by atoms with van der Waals surface area (Å²) in [7, 11) is 1.64. The molecule has 0 radical (unpaired) electrons. The zero-order chi connectivity index (χ0) is 18.0. The predicted molar refractivity (Wildman–Crippen MR) is 99.1 cm³/mol. The molecule has 6 nitrogen and oxygen atoms in total. The highest BCUT2D eigenvalue weighted by molar-refractivity contribution is 7.18. The highest BCUT2D eigenvalue weighted by Gasteiger charge is 2.24. The number of rotatable bonds is 7. The van der Waals surface area contributed by atoms with E-state index in [0.717, 1.165) is 35.3 Å². The molecule has 25 heavy (non-hydrogen) atoms. The van der Waals surface area contributed by atoms with Crippen molar-refractivity contribution in [2.75, 3.05) is 13.7 Å². The van der Waals surface area contributed by atoms with E-state index in [1.54, 1.807) is 23.0 Å². The minimum atomic E-state index is -0.345. The SMILES string of the molecule is COCCc1nc2sc3c(c2c(=O)n1CCCC(N)=O)CCC(C)C3. The zero-order valence-corrected chi connectivity index (χ0v) is 15.7. The van der Waals surface area contributed by atoms with Gasteiger partial charge in [0, 0.05) is 31.4 Å². The number of amides is 1. The summed E-state index contributed by atoms with van der Waals surface area (Å²) in [6.07, 6.45) is 4.50. The molecule has 1 aliphatic rings. The van der Waals surface area contributed by atoms with Gasteiger partial charge in [-0.15, -0.1) is 11.3 Å². The molecule has 1 atom stereocenters. The van der Waals surface area contributed by atoms with Crippen LogP contribution in [-0.2, 0) is 35.3 Å². The van der Waals surface area contributed by atoms with Gasteiger partial charge in [0.05, 0.1) is 12.0 Å². The minimum Gasteiger partial charge on any atom is -0.384 e. The van der Waals surface area contributed by atoms with Gasteiger partial charge in [0.1, 0.15) is 10.7 Å². The first kappa shape index (κ1) is 18.1. The van der Waals surface area contributed by atoms with Gasteiger partial charge in [-0.05, 0) is 37.2 Å². The summed E-state index contributed by atoms with van der Waals surface area (Å²) in [5.74, 6) is 1.05. The largest absolute Gasteiger partial charge is 0.384 e. The summed E-state index contributed by atoms with van der Waals surface area (Å²) in [4.78, 5) is 31.1. The molecule has 1 amide bonds. The van der Waals surface area contributed by atoms with Crippen LogP contribution >= 0.6 is 11.3 Å². The molecule has 2 heterocycles. The lowest BCUT2D eigenvalue weighted by Gasteiger charge is -2.17. The normalized spacial score (nSPS) is 17.0. The molecule has 0 aromatic carbocycles. The minimum absolute atomic E-state index is 0.0210. The molecule has 3 rings (SSSR count). The van der Waals surface area contributed by atoms with Crippen molar-refractivity contribution in [3.63, 3.8) is 0 Å². The van der Waals surface area contributed by atoms with E-state index in [2.05, 4.69) is 6.92 Å². The van der Waals surface area contributed by atoms with E-state index in [1.807, 2.05) is 0 Å². The van der Waals surface area contributed by atoms with Gasteiger partial charge in [0.25, 0.3) is 5.56 Å². The van der Waals surface area contributed by atoms with Crippen LogP contribution in [0.1, 0.15) is 42.5 Å². The van der Waals surface area contributed by atoms with Gasteiger partial charge in [-0.2, -0.15) is 0 Å². The number of methoxy groups -OCH3 is 1. The third-order valence-electron chi connectivity index (χ3n) is 4.83. The van der Waals surface area contributed by atoms with Crippen molar-refractivity contribution in [3.05, 3.63) is 26.6 Å². The molecule has 1 unspecified atom stereocenters. The molecule has 2 aromatic rings. The maximum atomic E-state index is 13.2. The number of ether oxygens (including phenoxy) is 1. The molecule has 0 saturated carbocycles. The second-order valence-electron chi connectivity index (χ2n) is 6.83. The van der Waals surface area contributed by atoms with Crippen LogP contribution in [0.5, 0.6) is 0 Å². The Morgan fingerprint density at radius 1 is 1.48 bits per heavy atom. The Hall–Kier alpha value is -1.73. The lowest BCUT2D eigenvalue weighted by Crippen LogP contribution is -2.27. The van der Waals surface area contributed by atoms with E-state index in [4.69, 9.17) is 15.5 Å². The van der Waals surface area contributed by atoms with Crippen LogP contribution in [0.3, 0.4) is 0 Å². The molecule has 136 valence electrons. The summed E-state index contributed by atoms with van der Waals surface area (Å²) < 4.78 is 6.88. The van der Waals surface area contributed by atoms with E-state index in [0.29, 0.717) is 31.9 Å². The quantitative estimate of drug-likeness (QED) is 0.815. The Balaban J connectivity index is 2.05. The van der Waals surface area contributed by atoms with E-state index in [-0.39, 0.29) is 17.9 Å². The van der Waals surface area contributed by atoms with Crippen molar-refractivity contribution in [3.8, 4) is 0 Å². The average Bonchev–Trinajstić information content (AvgIpc) is 2.92. The van der Waals surface area contributed by atoms with E-state index >= 15 is 0 Å². The maximum Gasteiger partial charge on any atom is 0.262 e. The number of nitrogens with two attached hydrogens (primary N) is 1. The van der Waals surface area contributed by atoms with Crippen molar-refractivity contribution >= 4 is 27.5 Å². The number of aryl methyl sites for hydroxylation is 1. The molecule has 2 N–H and O–H groups in total. The fraction of sp³-hybridized carbons (Fsp3) is 0.611. The van der Waals surface area contributed by atoms with Crippen LogP contribution in [0, 0.1) is 5.92 Å². The molecule has 0 aliphatic heterocycles. The van der Waals surface area contributed by atoms with Crippen molar-refractivity contribution in [2.24, 2.45) is 11.7 Å².